The Labute approximate surface area is 172 Å². The van der Waals surface area contributed by atoms with E-state index in [9.17, 15) is 4.79 Å². The quantitative estimate of drug-likeness (QED) is 0.326. The van der Waals surface area contributed by atoms with Crippen LogP contribution in [0.4, 0.5) is 0 Å². The van der Waals surface area contributed by atoms with Gasteiger partial charge in [0, 0.05) is 24.1 Å². The number of carbonyl (C=O) groups is 1. The third-order valence-electron chi connectivity index (χ3n) is 4.65. The highest BCUT2D eigenvalue weighted by atomic mass is 35.5. The largest absolute Gasteiger partial charge is 0.309 e. The van der Waals surface area contributed by atoms with Crippen LogP contribution in [0.2, 0.25) is 5.02 Å². The average Bonchev–Trinajstić information content (AvgIpc) is 3.06. The van der Waals surface area contributed by atoms with Crippen molar-refractivity contribution in [3.8, 4) is 0 Å². The highest BCUT2D eigenvalue weighted by molar-refractivity contribution is 7.99. The van der Waals surface area contributed by atoms with Gasteiger partial charge in [0.25, 0.3) is 0 Å². The van der Waals surface area contributed by atoms with Crippen molar-refractivity contribution >= 4 is 39.9 Å². The molecule has 4 nitrogen and oxygen atoms in total. The molecule has 1 heterocycles. The summed E-state index contributed by atoms with van der Waals surface area (Å²) in [6, 6.07) is 21.6. The van der Waals surface area contributed by atoms with E-state index in [4.69, 9.17) is 11.6 Å². The Morgan fingerprint density at radius 3 is 2.57 bits per heavy atom. The summed E-state index contributed by atoms with van der Waals surface area (Å²) < 4.78 is 1.96. The second-order valence-electron chi connectivity index (χ2n) is 6.49. The van der Waals surface area contributed by atoms with Gasteiger partial charge in [-0.25, -0.2) is 0 Å². The Kier molecular flexibility index (Phi) is 5.46. The molecule has 0 bridgehead atoms. The number of ketones is 1. The van der Waals surface area contributed by atoms with E-state index in [0.29, 0.717) is 22.8 Å². The molecule has 1 aromatic heterocycles. The minimum Gasteiger partial charge on any atom is -0.309 e. The number of rotatable bonds is 6. The number of hydrogen-bond donors (Lipinski definition) is 0. The minimum atomic E-state index is 0.0419. The summed E-state index contributed by atoms with van der Waals surface area (Å²) in [5, 5.41) is 12.4. The topological polar surface area (TPSA) is 47.8 Å². The molecule has 0 fully saturated rings. The zero-order valence-corrected chi connectivity index (χ0v) is 16.9. The van der Waals surface area contributed by atoms with Gasteiger partial charge in [0.2, 0.25) is 0 Å². The lowest BCUT2D eigenvalue weighted by Gasteiger charge is -2.07. The molecule has 0 spiro atoms. The number of fused-ring (bicyclic) bond motifs is 1. The van der Waals surface area contributed by atoms with Crippen LogP contribution in [0.5, 0.6) is 0 Å². The van der Waals surface area contributed by atoms with E-state index >= 15 is 0 Å². The predicted molar refractivity (Wildman–Crippen MR) is 114 cm³/mol. The number of thioether (sulfide) groups is 1. The van der Waals surface area contributed by atoms with E-state index in [1.165, 1.54) is 28.1 Å². The van der Waals surface area contributed by atoms with Crippen LogP contribution >= 0.6 is 23.4 Å². The fourth-order valence-electron chi connectivity index (χ4n) is 3.09. The third-order valence-corrected chi connectivity index (χ3v) is 5.92. The smallest absolute Gasteiger partial charge is 0.191 e. The normalized spacial score (nSPS) is 11.1. The van der Waals surface area contributed by atoms with Crippen LogP contribution in [0.3, 0.4) is 0 Å². The molecule has 0 saturated carbocycles. The summed E-state index contributed by atoms with van der Waals surface area (Å²) in [6.07, 6.45) is 0.691. The minimum absolute atomic E-state index is 0.0419. The molecule has 6 heteroatoms. The first-order valence-electron chi connectivity index (χ1n) is 8.88. The van der Waals surface area contributed by atoms with Crippen LogP contribution in [0.25, 0.3) is 10.8 Å². The van der Waals surface area contributed by atoms with Crippen molar-refractivity contribution in [1.29, 1.82) is 0 Å². The van der Waals surface area contributed by atoms with Crippen molar-refractivity contribution in [1.82, 2.24) is 14.8 Å². The van der Waals surface area contributed by atoms with Gasteiger partial charge in [0.1, 0.15) is 5.82 Å². The first-order valence-corrected chi connectivity index (χ1v) is 10.2. The molecule has 0 saturated heterocycles. The Hall–Kier alpha value is -2.63. The number of nitrogens with zero attached hydrogens (tertiary/aromatic N) is 3. The van der Waals surface area contributed by atoms with Gasteiger partial charge >= 0.3 is 0 Å². The van der Waals surface area contributed by atoms with Gasteiger partial charge in [-0.05, 0) is 40.6 Å². The molecular formula is C22H18ClN3OS. The van der Waals surface area contributed by atoms with Gasteiger partial charge in [-0.2, -0.15) is 0 Å². The first-order chi connectivity index (χ1) is 13.6. The van der Waals surface area contributed by atoms with Crippen LogP contribution < -0.4 is 0 Å². The SMILES string of the molecule is Cn1c(Cc2cccc3ccccc23)nnc1SCC(=O)c1ccc(Cl)cc1. The van der Waals surface area contributed by atoms with Crippen molar-refractivity contribution in [3.63, 3.8) is 0 Å². The monoisotopic (exact) mass is 407 g/mol. The van der Waals surface area contributed by atoms with Crippen molar-refractivity contribution < 1.29 is 4.79 Å². The molecule has 140 valence electrons. The fourth-order valence-corrected chi connectivity index (χ4v) is 4.04. The van der Waals surface area contributed by atoms with E-state index in [-0.39, 0.29) is 5.78 Å². The molecule has 0 unspecified atom stereocenters. The van der Waals surface area contributed by atoms with Gasteiger partial charge in [0.15, 0.2) is 10.9 Å². The third kappa shape index (κ3) is 3.96. The molecule has 0 atom stereocenters. The molecule has 0 amide bonds. The molecule has 0 aliphatic heterocycles. The van der Waals surface area contributed by atoms with Gasteiger partial charge in [0.05, 0.1) is 5.75 Å². The lowest BCUT2D eigenvalue weighted by atomic mass is 10.0. The van der Waals surface area contributed by atoms with Crippen molar-refractivity contribution in [2.45, 2.75) is 11.6 Å². The maximum absolute atomic E-state index is 12.4. The number of carbonyl (C=O) groups excluding carboxylic acids is 1. The number of aromatic nitrogens is 3. The summed E-state index contributed by atoms with van der Waals surface area (Å²) in [5.74, 6) is 1.22. The maximum atomic E-state index is 12.4. The lowest BCUT2D eigenvalue weighted by Crippen LogP contribution is -2.05. The summed E-state index contributed by atoms with van der Waals surface area (Å²) >= 11 is 7.27. The van der Waals surface area contributed by atoms with Gasteiger partial charge in [-0.1, -0.05) is 65.8 Å². The highest BCUT2D eigenvalue weighted by Gasteiger charge is 2.14. The molecule has 0 aliphatic carbocycles. The molecule has 4 rings (SSSR count). The Morgan fingerprint density at radius 1 is 1.00 bits per heavy atom. The molecule has 28 heavy (non-hydrogen) atoms. The fraction of sp³-hybridized carbons (Fsp3) is 0.136. The van der Waals surface area contributed by atoms with Gasteiger partial charge in [-0.3, -0.25) is 4.79 Å². The van der Waals surface area contributed by atoms with Crippen molar-refractivity contribution in [2.24, 2.45) is 7.05 Å². The molecule has 4 aromatic rings. The maximum Gasteiger partial charge on any atom is 0.191 e. The van der Waals surface area contributed by atoms with Crippen LogP contribution in [-0.4, -0.2) is 26.3 Å². The van der Waals surface area contributed by atoms with E-state index in [1.54, 1.807) is 24.3 Å². The number of halogens is 1. The molecule has 0 aliphatic rings. The molecule has 3 aromatic carbocycles. The van der Waals surface area contributed by atoms with Crippen molar-refractivity contribution in [3.05, 3.63) is 88.7 Å². The standard InChI is InChI=1S/C22H18ClN3OS/c1-26-21(13-17-7-4-6-15-5-2-3-8-19(15)17)24-25-22(26)28-14-20(27)16-9-11-18(23)12-10-16/h2-12H,13-14H2,1H3. The van der Waals surface area contributed by atoms with Crippen LogP contribution in [0.15, 0.2) is 71.9 Å². The predicted octanol–water partition coefficient (Wildman–Crippen LogP) is 5.19. The second kappa shape index (κ2) is 8.17. The Bertz CT molecular complexity index is 1130. The van der Waals surface area contributed by atoms with Gasteiger partial charge in [-0.15, -0.1) is 10.2 Å². The average molecular weight is 408 g/mol. The number of hydrogen-bond acceptors (Lipinski definition) is 4. The molecular weight excluding hydrogens is 390 g/mol. The second-order valence-corrected chi connectivity index (χ2v) is 7.87. The Morgan fingerprint density at radius 2 is 1.75 bits per heavy atom. The van der Waals surface area contributed by atoms with Crippen molar-refractivity contribution in [2.75, 3.05) is 5.75 Å². The van der Waals surface area contributed by atoms with E-state index in [0.717, 1.165) is 11.0 Å². The number of Topliss-reactive ketones (excluding diaryl/α,β-unsaturated/α-hetero) is 1. The molecule has 0 radical (unpaired) electrons. The van der Waals surface area contributed by atoms with E-state index in [1.807, 2.05) is 23.7 Å². The summed E-state index contributed by atoms with van der Waals surface area (Å²) in [5.41, 5.74) is 1.86. The van der Waals surface area contributed by atoms with Gasteiger partial charge < -0.3 is 4.57 Å². The lowest BCUT2D eigenvalue weighted by molar-refractivity contribution is 0.102. The Balaban J connectivity index is 1.48. The van der Waals surface area contributed by atoms with Crippen LogP contribution in [-0.2, 0) is 13.5 Å². The number of benzene rings is 3. The summed E-state index contributed by atoms with van der Waals surface area (Å²) in [6.45, 7) is 0. The van der Waals surface area contributed by atoms with E-state index in [2.05, 4.69) is 40.5 Å². The van der Waals surface area contributed by atoms with E-state index < -0.39 is 0 Å². The zero-order valence-electron chi connectivity index (χ0n) is 15.3. The zero-order chi connectivity index (χ0) is 19.5. The molecule has 0 N–H and O–H groups in total. The highest BCUT2D eigenvalue weighted by Crippen LogP contribution is 2.23. The van der Waals surface area contributed by atoms with Crippen LogP contribution in [0, 0.1) is 0 Å². The summed E-state index contributed by atoms with van der Waals surface area (Å²) in [4.78, 5) is 12.4. The first kappa shape index (κ1) is 18.7. The van der Waals surface area contributed by atoms with Crippen LogP contribution in [0.1, 0.15) is 21.7 Å². The summed E-state index contributed by atoms with van der Waals surface area (Å²) in [7, 11) is 1.94.